The van der Waals surface area contributed by atoms with E-state index in [1.165, 1.54) is 13.2 Å². The molecule has 0 aliphatic carbocycles. The minimum Gasteiger partial charge on any atom is -0.494 e. The number of hydrogen-bond donors (Lipinski definition) is 0. The van der Waals surface area contributed by atoms with Crippen molar-refractivity contribution in [2.45, 2.75) is 19.9 Å². The van der Waals surface area contributed by atoms with E-state index in [1.807, 2.05) is 0 Å². The Morgan fingerprint density at radius 2 is 2.17 bits per heavy atom. The summed E-state index contributed by atoms with van der Waals surface area (Å²) < 4.78 is 24.1. The first-order valence-corrected chi connectivity index (χ1v) is 5.65. The summed E-state index contributed by atoms with van der Waals surface area (Å²) in [4.78, 5) is 4.40. The number of fused-ring (bicyclic) bond motifs is 1. The van der Waals surface area contributed by atoms with Crippen molar-refractivity contribution < 1.29 is 13.9 Å². The average molecular weight is 274 g/mol. The van der Waals surface area contributed by atoms with Gasteiger partial charge in [0.05, 0.1) is 13.2 Å². The van der Waals surface area contributed by atoms with E-state index in [0.29, 0.717) is 23.8 Å². The standard InChI is InChI=1S/C13H16FNO2.ClH/c1-8(2)11-7-17-12-5-13(16-3)10(14)4-9(12)6-15-11;/h4-6,8,11H,7H2,1-3H3;1H. The van der Waals surface area contributed by atoms with E-state index < -0.39 is 5.82 Å². The molecule has 18 heavy (non-hydrogen) atoms. The van der Waals surface area contributed by atoms with Gasteiger partial charge in [-0.05, 0) is 12.0 Å². The predicted octanol–water partition coefficient (Wildman–Crippen LogP) is 3.09. The molecule has 1 aromatic rings. The third-order valence-corrected chi connectivity index (χ3v) is 2.87. The number of nitrogens with zero attached hydrogens (tertiary/aromatic N) is 1. The minimum absolute atomic E-state index is 0. The van der Waals surface area contributed by atoms with Crippen molar-refractivity contribution in [1.29, 1.82) is 0 Å². The lowest BCUT2D eigenvalue weighted by molar-refractivity contribution is 0.262. The molecular formula is C13H17ClFNO2. The lowest BCUT2D eigenvalue weighted by Gasteiger charge is -2.15. The molecule has 1 aliphatic rings. The number of benzene rings is 1. The van der Waals surface area contributed by atoms with Gasteiger partial charge in [-0.3, -0.25) is 4.99 Å². The fraction of sp³-hybridized carbons (Fsp3) is 0.462. The molecule has 1 unspecified atom stereocenters. The number of halogens is 2. The van der Waals surface area contributed by atoms with Crippen LogP contribution in [0.15, 0.2) is 17.1 Å². The van der Waals surface area contributed by atoms with Crippen molar-refractivity contribution >= 4 is 18.6 Å². The van der Waals surface area contributed by atoms with E-state index >= 15 is 0 Å². The van der Waals surface area contributed by atoms with Crippen molar-refractivity contribution in [1.82, 2.24) is 0 Å². The Balaban J connectivity index is 0.00000162. The quantitative estimate of drug-likeness (QED) is 0.829. The lowest BCUT2D eigenvalue weighted by atomic mass is 10.1. The van der Waals surface area contributed by atoms with Crippen LogP contribution >= 0.6 is 12.4 Å². The van der Waals surface area contributed by atoms with Gasteiger partial charge in [-0.25, -0.2) is 4.39 Å². The van der Waals surface area contributed by atoms with Crippen LogP contribution in [0.5, 0.6) is 11.5 Å². The van der Waals surface area contributed by atoms with Gasteiger partial charge in [-0.15, -0.1) is 12.4 Å². The normalized spacial score (nSPS) is 17.5. The highest BCUT2D eigenvalue weighted by molar-refractivity contribution is 5.85. The van der Waals surface area contributed by atoms with Crippen LogP contribution in [0.2, 0.25) is 0 Å². The maximum absolute atomic E-state index is 13.5. The van der Waals surface area contributed by atoms with Crippen LogP contribution in [0.4, 0.5) is 4.39 Å². The van der Waals surface area contributed by atoms with Gasteiger partial charge in [0.15, 0.2) is 11.6 Å². The fourth-order valence-corrected chi connectivity index (χ4v) is 1.69. The second-order valence-corrected chi connectivity index (χ2v) is 4.43. The van der Waals surface area contributed by atoms with Crippen molar-refractivity contribution in [3.63, 3.8) is 0 Å². The number of hydrogen-bond acceptors (Lipinski definition) is 3. The first-order chi connectivity index (χ1) is 8.11. The van der Waals surface area contributed by atoms with Crippen LogP contribution in [-0.2, 0) is 0 Å². The van der Waals surface area contributed by atoms with Gasteiger partial charge in [0.1, 0.15) is 12.4 Å². The summed E-state index contributed by atoms with van der Waals surface area (Å²) in [5, 5.41) is 0. The third kappa shape index (κ3) is 2.93. The Bertz CT molecular complexity index is 449. The van der Waals surface area contributed by atoms with Crippen LogP contribution in [0.25, 0.3) is 0 Å². The van der Waals surface area contributed by atoms with E-state index in [1.54, 1.807) is 12.3 Å². The molecule has 0 aromatic heterocycles. The molecule has 0 bridgehead atoms. The molecule has 1 atom stereocenters. The summed E-state index contributed by atoms with van der Waals surface area (Å²) >= 11 is 0. The molecule has 1 aromatic carbocycles. The van der Waals surface area contributed by atoms with E-state index in [2.05, 4.69) is 18.8 Å². The van der Waals surface area contributed by atoms with E-state index in [0.717, 1.165) is 0 Å². The highest BCUT2D eigenvalue weighted by Gasteiger charge is 2.18. The molecule has 1 aliphatic heterocycles. The Kier molecular flexibility index (Phi) is 4.96. The molecular weight excluding hydrogens is 257 g/mol. The molecule has 0 saturated carbocycles. The van der Waals surface area contributed by atoms with Gasteiger partial charge in [0, 0.05) is 17.8 Å². The minimum atomic E-state index is -0.399. The molecule has 0 saturated heterocycles. The molecule has 0 amide bonds. The summed E-state index contributed by atoms with van der Waals surface area (Å²) in [5.41, 5.74) is 0.659. The Hall–Kier alpha value is -1.29. The van der Waals surface area contributed by atoms with Gasteiger partial charge in [-0.1, -0.05) is 13.8 Å². The molecule has 3 nitrogen and oxygen atoms in total. The van der Waals surface area contributed by atoms with Crippen LogP contribution in [0.3, 0.4) is 0 Å². The Morgan fingerprint density at radius 1 is 1.44 bits per heavy atom. The fourth-order valence-electron chi connectivity index (χ4n) is 1.69. The van der Waals surface area contributed by atoms with E-state index in [9.17, 15) is 4.39 Å². The smallest absolute Gasteiger partial charge is 0.165 e. The predicted molar refractivity (Wildman–Crippen MR) is 71.9 cm³/mol. The molecule has 0 N–H and O–H groups in total. The Morgan fingerprint density at radius 3 is 2.78 bits per heavy atom. The molecule has 0 spiro atoms. The SMILES string of the molecule is COc1cc2c(cc1F)C=NC(C(C)C)CO2.Cl. The second kappa shape index (κ2) is 6.05. The second-order valence-electron chi connectivity index (χ2n) is 4.43. The number of methoxy groups -OCH3 is 1. The average Bonchev–Trinajstić information content (AvgIpc) is 2.50. The molecule has 0 fully saturated rings. The van der Waals surface area contributed by atoms with Crippen molar-refractivity contribution in [3.05, 3.63) is 23.5 Å². The molecule has 0 radical (unpaired) electrons. The molecule has 2 rings (SSSR count). The maximum Gasteiger partial charge on any atom is 0.165 e. The highest BCUT2D eigenvalue weighted by atomic mass is 35.5. The van der Waals surface area contributed by atoms with E-state index in [4.69, 9.17) is 9.47 Å². The van der Waals surface area contributed by atoms with Crippen LogP contribution in [-0.4, -0.2) is 26.0 Å². The zero-order chi connectivity index (χ0) is 12.4. The molecule has 5 heteroatoms. The largest absolute Gasteiger partial charge is 0.494 e. The van der Waals surface area contributed by atoms with Crippen LogP contribution in [0.1, 0.15) is 19.4 Å². The van der Waals surface area contributed by atoms with Gasteiger partial charge < -0.3 is 9.47 Å². The maximum atomic E-state index is 13.5. The first-order valence-electron chi connectivity index (χ1n) is 5.65. The number of ether oxygens (including phenoxy) is 2. The third-order valence-electron chi connectivity index (χ3n) is 2.87. The zero-order valence-corrected chi connectivity index (χ0v) is 11.5. The zero-order valence-electron chi connectivity index (χ0n) is 10.6. The topological polar surface area (TPSA) is 30.8 Å². The van der Waals surface area contributed by atoms with Gasteiger partial charge in [0.2, 0.25) is 0 Å². The van der Waals surface area contributed by atoms with Gasteiger partial charge in [-0.2, -0.15) is 0 Å². The summed E-state index contributed by atoms with van der Waals surface area (Å²) in [6.07, 6.45) is 1.68. The summed E-state index contributed by atoms with van der Waals surface area (Å²) in [6, 6.07) is 3.07. The summed E-state index contributed by atoms with van der Waals surface area (Å²) in [7, 11) is 1.44. The first kappa shape index (κ1) is 14.8. The molecule has 100 valence electrons. The van der Waals surface area contributed by atoms with Crippen molar-refractivity contribution in [2.24, 2.45) is 10.9 Å². The van der Waals surface area contributed by atoms with Crippen molar-refractivity contribution in [3.8, 4) is 11.5 Å². The van der Waals surface area contributed by atoms with Gasteiger partial charge in [0.25, 0.3) is 0 Å². The molecule has 1 heterocycles. The number of rotatable bonds is 2. The number of aliphatic imine (C=N–C) groups is 1. The van der Waals surface area contributed by atoms with E-state index in [-0.39, 0.29) is 24.2 Å². The van der Waals surface area contributed by atoms with Crippen LogP contribution < -0.4 is 9.47 Å². The summed E-state index contributed by atoms with van der Waals surface area (Å²) in [6.45, 7) is 4.68. The van der Waals surface area contributed by atoms with Gasteiger partial charge >= 0.3 is 0 Å². The monoisotopic (exact) mass is 273 g/mol. The van der Waals surface area contributed by atoms with Crippen LogP contribution in [0, 0.1) is 11.7 Å². The lowest BCUT2D eigenvalue weighted by Crippen LogP contribution is -2.20. The highest BCUT2D eigenvalue weighted by Crippen LogP contribution is 2.29. The van der Waals surface area contributed by atoms with Crippen molar-refractivity contribution in [2.75, 3.05) is 13.7 Å². The summed E-state index contributed by atoms with van der Waals surface area (Å²) in [5.74, 6) is 0.812. The Labute approximate surface area is 112 Å².